The second-order valence-corrected chi connectivity index (χ2v) is 7.48. The van der Waals surface area contributed by atoms with Gasteiger partial charge in [0.05, 0.1) is 12.7 Å². The third kappa shape index (κ3) is 7.45. The molecule has 1 amide bonds. The minimum Gasteiger partial charge on any atom is -0.444 e. The zero-order valence-corrected chi connectivity index (χ0v) is 15.1. The summed E-state index contributed by atoms with van der Waals surface area (Å²) in [6.07, 6.45) is 3.18. The lowest BCUT2D eigenvalue weighted by atomic mass is 10.1. The van der Waals surface area contributed by atoms with Gasteiger partial charge in [-0.05, 0) is 60.8 Å². The summed E-state index contributed by atoms with van der Waals surface area (Å²) in [7, 11) is 0. The molecule has 5 heteroatoms. The SMILES string of the molecule is CC(CC1CCCN1C(=O)OC(C)(C)C)NCCOC(C)C. The zero-order chi connectivity index (χ0) is 16.8. The van der Waals surface area contributed by atoms with E-state index in [4.69, 9.17) is 9.47 Å². The van der Waals surface area contributed by atoms with Crippen LogP contribution in [0.5, 0.6) is 0 Å². The lowest BCUT2D eigenvalue weighted by Crippen LogP contribution is -2.43. The summed E-state index contributed by atoms with van der Waals surface area (Å²) < 4.78 is 11.0. The standard InChI is InChI=1S/C17H34N2O3/c1-13(2)21-11-9-18-14(3)12-15-8-7-10-19(15)16(20)22-17(4,5)6/h13-15,18H,7-12H2,1-6H3. The summed E-state index contributed by atoms with van der Waals surface area (Å²) in [6.45, 7) is 14.4. The Balaban J connectivity index is 2.35. The van der Waals surface area contributed by atoms with Crippen molar-refractivity contribution in [2.75, 3.05) is 19.7 Å². The maximum absolute atomic E-state index is 12.3. The predicted octanol–water partition coefficient (Wildman–Crippen LogP) is 3.18. The molecule has 5 nitrogen and oxygen atoms in total. The van der Waals surface area contributed by atoms with E-state index in [2.05, 4.69) is 12.2 Å². The molecule has 0 saturated carbocycles. The summed E-state index contributed by atoms with van der Waals surface area (Å²) in [6, 6.07) is 0.646. The Hall–Kier alpha value is -0.810. The molecule has 22 heavy (non-hydrogen) atoms. The van der Waals surface area contributed by atoms with E-state index in [0.29, 0.717) is 6.04 Å². The third-order valence-corrected chi connectivity index (χ3v) is 3.68. The first-order valence-electron chi connectivity index (χ1n) is 8.53. The number of amides is 1. The molecule has 2 atom stereocenters. The Labute approximate surface area is 135 Å². The minimum atomic E-state index is -0.428. The van der Waals surface area contributed by atoms with Crippen LogP contribution in [0.3, 0.4) is 0 Å². The van der Waals surface area contributed by atoms with Crippen LogP contribution in [0, 0.1) is 0 Å². The molecule has 0 radical (unpaired) electrons. The molecular weight excluding hydrogens is 280 g/mol. The van der Waals surface area contributed by atoms with Gasteiger partial charge in [0.2, 0.25) is 0 Å². The van der Waals surface area contributed by atoms with Gasteiger partial charge in [0.25, 0.3) is 0 Å². The van der Waals surface area contributed by atoms with Crippen molar-refractivity contribution in [3.05, 3.63) is 0 Å². The third-order valence-electron chi connectivity index (χ3n) is 3.68. The van der Waals surface area contributed by atoms with Crippen molar-refractivity contribution in [2.45, 2.75) is 84.6 Å². The van der Waals surface area contributed by atoms with Crippen molar-refractivity contribution in [1.82, 2.24) is 10.2 Å². The minimum absolute atomic E-state index is 0.176. The number of carbonyl (C=O) groups is 1. The van der Waals surface area contributed by atoms with E-state index in [1.54, 1.807) is 0 Å². The Kier molecular flexibility index (Phi) is 7.63. The molecule has 0 aromatic rings. The molecule has 0 bridgehead atoms. The van der Waals surface area contributed by atoms with Crippen molar-refractivity contribution in [3.63, 3.8) is 0 Å². The average molecular weight is 314 g/mol. The quantitative estimate of drug-likeness (QED) is 0.733. The molecule has 130 valence electrons. The number of hydrogen-bond acceptors (Lipinski definition) is 4. The number of carbonyl (C=O) groups excluding carboxylic acids is 1. The maximum atomic E-state index is 12.3. The lowest BCUT2D eigenvalue weighted by molar-refractivity contribution is 0.0212. The molecule has 0 aromatic heterocycles. The van der Waals surface area contributed by atoms with Crippen LogP contribution in [0.1, 0.15) is 60.8 Å². The van der Waals surface area contributed by atoms with Gasteiger partial charge >= 0.3 is 6.09 Å². The van der Waals surface area contributed by atoms with Crippen molar-refractivity contribution < 1.29 is 14.3 Å². The Morgan fingerprint density at radius 3 is 2.59 bits per heavy atom. The van der Waals surface area contributed by atoms with Gasteiger partial charge in [-0.3, -0.25) is 0 Å². The van der Waals surface area contributed by atoms with Crippen LogP contribution in [0.4, 0.5) is 4.79 Å². The fourth-order valence-electron chi connectivity index (χ4n) is 2.73. The summed E-state index contributed by atoms with van der Waals surface area (Å²) in [5.74, 6) is 0. The molecule has 0 aromatic carbocycles. The van der Waals surface area contributed by atoms with Crippen LogP contribution < -0.4 is 5.32 Å². The van der Waals surface area contributed by atoms with Gasteiger partial charge in [0.15, 0.2) is 0 Å². The maximum Gasteiger partial charge on any atom is 0.410 e. The molecule has 1 N–H and O–H groups in total. The highest BCUT2D eigenvalue weighted by Crippen LogP contribution is 2.23. The first-order valence-corrected chi connectivity index (χ1v) is 8.53. The van der Waals surface area contributed by atoms with E-state index < -0.39 is 5.60 Å². The van der Waals surface area contributed by atoms with Crippen LogP contribution >= 0.6 is 0 Å². The summed E-state index contributed by atoms with van der Waals surface area (Å²) in [5, 5.41) is 3.47. The Morgan fingerprint density at radius 1 is 1.32 bits per heavy atom. The van der Waals surface area contributed by atoms with Gasteiger partial charge in [-0.2, -0.15) is 0 Å². The smallest absolute Gasteiger partial charge is 0.410 e. The highest BCUT2D eigenvalue weighted by atomic mass is 16.6. The molecule has 1 heterocycles. The fourth-order valence-corrected chi connectivity index (χ4v) is 2.73. The van der Waals surface area contributed by atoms with Crippen molar-refractivity contribution in [3.8, 4) is 0 Å². The Bertz CT molecular complexity index is 339. The Morgan fingerprint density at radius 2 is 2.00 bits per heavy atom. The van der Waals surface area contributed by atoms with Crippen LogP contribution in [0.2, 0.25) is 0 Å². The van der Waals surface area contributed by atoms with Gasteiger partial charge in [-0.25, -0.2) is 4.79 Å². The van der Waals surface area contributed by atoms with E-state index in [1.807, 2.05) is 39.5 Å². The first-order chi connectivity index (χ1) is 10.2. The van der Waals surface area contributed by atoms with E-state index >= 15 is 0 Å². The normalized spacial score (nSPS) is 20.5. The molecule has 1 fully saturated rings. The second-order valence-electron chi connectivity index (χ2n) is 7.48. The molecule has 1 saturated heterocycles. The second kappa shape index (κ2) is 8.73. The van der Waals surface area contributed by atoms with Gasteiger partial charge in [-0.1, -0.05) is 0 Å². The highest BCUT2D eigenvalue weighted by Gasteiger charge is 2.32. The van der Waals surface area contributed by atoms with E-state index in [1.165, 1.54) is 0 Å². The van der Waals surface area contributed by atoms with E-state index in [-0.39, 0.29) is 18.2 Å². The fraction of sp³-hybridized carbons (Fsp3) is 0.941. The molecule has 1 aliphatic rings. The van der Waals surface area contributed by atoms with Gasteiger partial charge < -0.3 is 19.7 Å². The summed E-state index contributed by atoms with van der Waals surface area (Å²) >= 11 is 0. The largest absolute Gasteiger partial charge is 0.444 e. The highest BCUT2D eigenvalue weighted by molar-refractivity contribution is 5.68. The van der Waals surface area contributed by atoms with Crippen LogP contribution in [0.15, 0.2) is 0 Å². The van der Waals surface area contributed by atoms with Crippen molar-refractivity contribution >= 4 is 6.09 Å². The molecule has 1 rings (SSSR count). The van der Waals surface area contributed by atoms with Crippen LogP contribution in [-0.2, 0) is 9.47 Å². The van der Waals surface area contributed by atoms with Gasteiger partial charge in [0.1, 0.15) is 5.60 Å². The average Bonchev–Trinajstić information content (AvgIpc) is 2.80. The number of likely N-dealkylation sites (tertiary alicyclic amines) is 1. The van der Waals surface area contributed by atoms with Crippen LogP contribution in [0.25, 0.3) is 0 Å². The number of hydrogen-bond donors (Lipinski definition) is 1. The number of ether oxygens (including phenoxy) is 2. The number of nitrogens with zero attached hydrogens (tertiary/aromatic N) is 1. The van der Waals surface area contributed by atoms with E-state index in [9.17, 15) is 4.79 Å². The van der Waals surface area contributed by atoms with Crippen LogP contribution in [-0.4, -0.2) is 54.5 Å². The molecule has 2 unspecified atom stereocenters. The molecule has 1 aliphatic heterocycles. The number of rotatable bonds is 7. The predicted molar refractivity (Wildman–Crippen MR) is 89.1 cm³/mol. The topological polar surface area (TPSA) is 50.8 Å². The van der Waals surface area contributed by atoms with Gasteiger partial charge in [-0.15, -0.1) is 0 Å². The van der Waals surface area contributed by atoms with Crippen molar-refractivity contribution in [1.29, 1.82) is 0 Å². The van der Waals surface area contributed by atoms with Crippen molar-refractivity contribution in [2.24, 2.45) is 0 Å². The number of nitrogens with one attached hydrogen (secondary N) is 1. The molecule has 0 aliphatic carbocycles. The lowest BCUT2D eigenvalue weighted by Gasteiger charge is -2.30. The molecule has 0 spiro atoms. The summed E-state index contributed by atoms with van der Waals surface area (Å²) in [5.41, 5.74) is -0.428. The first kappa shape index (κ1) is 19.2. The summed E-state index contributed by atoms with van der Waals surface area (Å²) in [4.78, 5) is 14.1. The van der Waals surface area contributed by atoms with E-state index in [0.717, 1.165) is 39.0 Å². The monoisotopic (exact) mass is 314 g/mol. The zero-order valence-electron chi connectivity index (χ0n) is 15.1. The van der Waals surface area contributed by atoms with Gasteiger partial charge in [0, 0.05) is 25.2 Å². The molecular formula is C17H34N2O3.